The van der Waals surface area contributed by atoms with E-state index in [2.05, 4.69) is 13.8 Å². The van der Waals surface area contributed by atoms with Gasteiger partial charge in [0.2, 0.25) is 0 Å². The quantitative estimate of drug-likeness (QED) is 0.606. The average molecular weight is 199 g/mol. The zero-order valence-electron chi connectivity index (χ0n) is 9.03. The molecule has 0 unspecified atom stereocenters. The van der Waals surface area contributed by atoms with Crippen LogP contribution in [-0.2, 0) is 0 Å². The van der Waals surface area contributed by atoms with Gasteiger partial charge in [-0.25, -0.2) is 0 Å². The third-order valence-corrected chi connectivity index (χ3v) is 4.70. The van der Waals surface area contributed by atoms with E-state index in [-0.39, 0.29) is 11.3 Å². The standard InChI is InChI=1S/C11H21NO2/c1-10(2)7-5-8(10)11(14,3-4-12)9(13)6-7/h7-9,13-14H,3-6,12H2,1-2H3/t7-,8-,9+,11-/m1/s1. The van der Waals surface area contributed by atoms with Crippen molar-refractivity contribution in [2.75, 3.05) is 6.54 Å². The van der Waals surface area contributed by atoms with E-state index in [9.17, 15) is 10.2 Å². The summed E-state index contributed by atoms with van der Waals surface area (Å²) >= 11 is 0. The summed E-state index contributed by atoms with van der Waals surface area (Å²) in [5.74, 6) is 0.813. The monoisotopic (exact) mass is 199 g/mol. The first-order valence-electron chi connectivity index (χ1n) is 5.53. The number of hydrogen-bond donors (Lipinski definition) is 3. The molecular formula is C11H21NO2. The van der Waals surface area contributed by atoms with Crippen LogP contribution in [0.2, 0.25) is 0 Å². The van der Waals surface area contributed by atoms with E-state index in [4.69, 9.17) is 5.73 Å². The van der Waals surface area contributed by atoms with Crippen molar-refractivity contribution >= 4 is 0 Å². The van der Waals surface area contributed by atoms with Crippen LogP contribution in [0.4, 0.5) is 0 Å². The van der Waals surface area contributed by atoms with E-state index in [0.29, 0.717) is 18.9 Å². The molecule has 0 aromatic carbocycles. The Morgan fingerprint density at radius 1 is 1.36 bits per heavy atom. The van der Waals surface area contributed by atoms with Crippen LogP contribution in [0.3, 0.4) is 0 Å². The van der Waals surface area contributed by atoms with Crippen molar-refractivity contribution in [2.24, 2.45) is 23.0 Å². The smallest absolute Gasteiger partial charge is 0.0950 e. The molecule has 0 saturated heterocycles. The molecule has 0 aromatic heterocycles. The Kier molecular flexibility index (Phi) is 2.18. The topological polar surface area (TPSA) is 66.5 Å². The van der Waals surface area contributed by atoms with Crippen molar-refractivity contribution in [1.82, 2.24) is 0 Å². The fourth-order valence-electron chi connectivity index (χ4n) is 3.54. The number of nitrogens with two attached hydrogens (primary N) is 1. The third-order valence-electron chi connectivity index (χ3n) is 4.70. The second-order valence-electron chi connectivity index (χ2n) is 5.59. The molecule has 0 aromatic rings. The molecule has 3 saturated carbocycles. The van der Waals surface area contributed by atoms with Gasteiger partial charge >= 0.3 is 0 Å². The van der Waals surface area contributed by atoms with Crippen LogP contribution in [0, 0.1) is 17.3 Å². The predicted molar refractivity (Wildman–Crippen MR) is 54.6 cm³/mol. The largest absolute Gasteiger partial charge is 0.390 e. The van der Waals surface area contributed by atoms with Crippen LogP contribution in [0.1, 0.15) is 33.1 Å². The maximum absolute atomic E-state index is 10.5. The highest BCUT2D eigenvalue weighted by Crippen LogP contribution is 2.63. The summed E-state index contributed by atoms with van der Waals surface area (Å²) in [7, 11) is 0. The maximum atomic E-state index is 10.5. The SMILES string of the molecule is CC1(C)[C@@H]2C[C@H]1[C@](O)(CCN)[C@@H](O)C2. The summed E-state index contributed by atoms with van der Waals surface area (Å²) in [5.41, 5.74) is 4.76. The summed E-state index contributed by atoms with van der Waals surface area (Å²) in [6, 6.07) is 0. The van der Waals surface area contributed by atoms with Crippen molar-refractivity contribution in [1.29, 1.82) is 0 Å². The molecule has 4 atom stereocenters. The molecule has 2 bridgehead atoms. The van der Waals surface area contributed by atoms with Gasteiger partial charge in [0.25, 0.3) is 0 Å². The van der Waals surface area contributed by atoms with E-state index < -0.39 is 11.7 Å². The first kappa shape index (κ1) is 10.4. The zero-order valence-corrected chi connectivity index (χ0v) is 9.03. The van der Waals surface area contributed by atoms with Crippen molar-refractivity contribution in [3.8, 4) is 0 Å². The lowest BCUT2D eigenvalue weighted by Crippen LogP contribution is -2.68. The van der Waals surface area contributed by atoms with Gasteiger partial charge in [0, 0.05) is 0 Å². The lowest BCUT2D eigenvalue weighted by molar-refractivity contribution is -0.254. The molecule has 3 aliphatic rings. The normalized spacial score (nSPS) is 49.9. The van der Waals surface area contributed by atoms with Gasteiger partial charge in [-0.2, -0.15) is 0 Å². The lowest BCUT2D eigenvalue weighted by Gasteiger charge is -2.65. The highest BCUT2D eigenvalue weighted by molar-refractivity contribution is 5.13. The van der Waals surface area contributed by atoms with Crippen LogP contribution in [-0.4, -0.2) is 28.5 Å². The number of fused-ring (bicyclic) bond motifs is 2. The molecule has 0 aliphatic heterocycles. The van der Waals surface area contributed by atoms with Crippen LogP contribution in [0.5, 0.6) is 0 Å². The maximum Gasteiger partial charge on any atom is 0.0950 e. The van der Waals surface area contributed by atoms with Crippen LogP contribution in [0.25, 0.3) is 0 Å². The van der Waals surface area contributed by atoms with Gasteiger partial charge in [-0.15, -0.1) is 0 Å². The summed E-state index contributed by atoms with van der Waals surface area (Å²) < 4.78 is 0. The van der Waals surface area contributed by atoms with Crippen molar-refractivity contribution in [3.63, 3.8) is 0 Å². The zero-order chi connectivity index (χ0) is 10.6. The molecular weight excluding hydrogens is 178 g/mol. The van der Waals surface area contributed by atoms with E-state index in [0.717, 1.165) is 12.8 Å². The summed E-state index contributed by atoms with van der Waals surface area (Å²) in [6.07, 6.45) is 1.75. The van der Waals surface area contributed by atoms with E-state index in [1.54, 1.807) is 0 Å². The first-order valence-corrected chi connectivity index (χ1v) is 5.53. The molecule has 0 heterocycles. The molecule has 0 spiro atoms. The highest BCUT2D eigenvalue weighted by Gasteiger charge is 2.63. The van der Waals surface area contributed by atoms with Gasteiger partial charge < -0.3 is 15.9 Å². The number of aliphatic hydroxyl groups is 2. The van der Waals surface area contributed by atoms with Gasteiger partial charge in [-0.1, -0.05) is 13.8 Å². The van der Waals surface area contributed by atoms with E-state index in [1.165, 1.54) is 0 Å². The van der Waals surface area contributed by atoms with Crippen LogP contribution >= 0.6 is 0 Å². The Bertz CT molecular complexity index is 241. The Balaban J connectivity index is 2.22. The predicted octanol–water partition coefficient (Wildman–Crippen LogP) is 0.493. The van der Waals surface area contributed by atoms with Crippen LogP contribution < -0.4 is 5.73 Å². The van der Waals surface area contributed by atoms with Gasteiger partial charge in [-0.3, -0.25) is 0 Å². The minimum atomic E-state index is -0.924. The van der Waals surface area contributed by atoms with Gasteiger partial charge in [0.15, 0.2) is 0 Å². The minimum Gasteiger partial charge on any atom is -0.390 e. The number of hydrogen-bond acceptors (Lipinski definition) is 3. The van der Waals surface area contributed by atoms with Gasteiger partial charge in [0.05, 0.1) is 11.7 Å². The van der Waals surface area contributed by atoms with Gasteiger partial charge in [-0.05, 0) is 43.1 Å². The van der Waals surface area contributed by atoms with Gasteiger partial charge in [0.1, 0.15) is 0 Å². The molecule has 3 heteroatoms. The third kappa shape index (κ3) is 1.09. The number of aliphatic hydroxyl groups excluding tert-OH is 1. The Labute approximate surface area is 85.3 Å². The van der Waals surface area contributed by atoms with E-state index >= 15 is 0 Å². The molecule has 4 N–H and O–H groups in total. The second-order valence-corrected chi connectivity index (χ2v) is 5.59. The first-order chi connectivity index (χ1) is 6.43. The molecule has 0 radical (unpaired) electrons. The Morgan fingerprint density at radius 2 is 2.00 bits per heavy atom. The molecule has 3 nitrogen and oxygen atoms in total. The molecule has 3 aliphatic carbocycles. The fourth-order valence-corrected chi connectivity index (χ4v) is 3.54. The van der Waals surface area contributed by atoms with E-state index in [1.807, 2.05) is 0 Å². The van der Waals surface area contributed by atoms with Crippen molar-refractivity contribution in [3.05, 3.63) is 0 Å². The Hall–Kier alpha value is -0.120. The molecule has 3 fully saturated rings. The summed E-state index contributed by atoms with van der Waals surface area (Å²) in [6.45, 7) is 4.84. The molecule has 3 rings (SSSR count). The summed E-state index contributed by atoms with van der Waals surface area (Å²) in [5, 5.41) is 20.3. The van der Waals surface area contributed by atoms with Crippen molar-refractivity contribution < 1.29 is 10.2 Å². The Morgan fingerprint density at radius 3 is 2.50 bits per heavy atom. The van der Waals surface area contributed by atoms with Crippen LogP contribution in [0.15, 0.2) is 0 Å². The fraction of sp³-hybridized carbons (Fsp3) is 1.00. The second kappa shape index (κ2) is 2.94. The highest BCUT2D eigenvalue weighted by atomic mass is 16.3. The average Bonchev–Trinajstić information content (AvgIpc) is 2.09. The molecule has 82 valence electrons. The minimum absolute atomic E-state index is 0.184. The molecule has 0 amide bonds. The van der Waals surface area contributed by atoms with Crippen molar-refractivity contribution in [2.45, 2.75) is 44.8 Å². The number of rotatable bonds is 2. The molecule has 14 heavy (non-hydrogen) atoms. The summed E-state index contributed by atoms with van der Waals surface area (Å²) in [4.78, 5) is 0. The lowest BCUT2D eigenvalue weighted by atomic mass is 9.43.